The minimum Gasteiger partial charge on any atom is -0.349 e. The van der Waals surface area contributed by atoms with Crippen molar-refractivity contribution in [2.45, 2.75) is 99.3 Å². The summed E-state index contributed by atoms with van der Waals surface area (Å²) >= 11 is 0. The molecule has 0 aromatic heterocycles. The fraction of sp³-hybridized carbons (Fsp3) is 0.867. The molecule has 4 aliphatic carbocycles. The van der Waals surface area contributed by atoms with Crippen LogP contribution in [-0.4, -0.2) is 29.8 Å². The number of carbonyl (C=O) groups excluding carboxylic acids is 4. The van der Waals surface area contributed by atoms with E-state index in [4.69, 9.17) is 0 Å². The molecule has 5 heteroatoms. The largest absolute Gasteiger partial charge is 0.349 e. The third-order valence-corrected chi connectivity index (χ3v) is 11.4. The van der Waals surface area contributed by atoms with E-state index in [2.05, 4.69) is 33.0 Å². The van der Waals surface area contributed by atoms with E-state index in [9.17, 15) is 19.2 Å². The van der Waals surface area contributed by atoms with Crippen molar-refractivity contribution in [2.75, 3.05) is 6.54 Å². The number of carbonyl (C=O) groups is 4. The van der Waals surface area contributed by atoms with E-state index < -0.39 is 0 Å². The summed E-state index contributed by atoms with van der Waals surface area (Å²) in [5.41, 5.74) is 0.249. The Morgan fingerprint density at radius 2 is 1.69 bits per heavy atom. The molecule has 0 aromatic carbocycles. The van der Waals surface area contributed by atoms with Crippen LogP contribution in [-0.2, 0) is 19.2 Å². The molecule has 0 aliphatic heterocycles. The summed E-state index contributed by atoms with van der Waals surface area (Å²) in [4.78, 5) is 50.2. The van der Waals surface area contributed by atoms with Gasteiger partial charge in [0.05, 0.1) is 6.54 Å². The molecule has 4 saturated carbocycles. The fourth-order valence-electron chi connectivity index (χ4n) is 9.63. The fourth-order valence-corrected chi connectivity index (χ4v) is 9.63. The summed E-state index contributed by atoms with van der Waals surface area (Å²) in [5.74, 6) is 2.81. The molecule has 0 spiro atoms. The first-order chi connectivity index (χ1) is 16.4. The molecule has 4 aliphatic rings. The Labute approximate surface area is 211 Å². The van der Waals surface area contributed by atoms with Crippen molar-refractivity contribution in [2.24, 2.45) is 58.2 Å². The molecule has 0 heterocycles. The number of rotatable bonds is 7. The third kappa shape index (κ3) is 4.44. The zero-order valence-corrected chi connectivity index (χ0v) is 22.8. The van der Waals surface area contributed by atoms with Crippen LogP contribution in [0.4, 0.5) is 0 Å². The van der Waals surface area contributed by atoms with Gasteiger partial charge in [-0.15, -0.1) is 0 Å². The van der Waals surface area contributed by atoms with Crippen LogP contribution in [0.2, 0.25) is 0 Å². The zero-order chi connectivity index (χ0) is 25.7. The average Bonchev–Trinajstić information content (AvgIpc) is 3.16. The molecular formula is C30H47NO4. The van der Waals surface area contributed by atoms with Gasteiger partial charge >= 0.3 is 0 Å². The van der Waals surface area contributed by atoms with Crippen LogP contribution in [0.5, 0.6) is 0 Å². The highest BCUT2D eigenvalue weighted by Gasteiger charge is 2.65. The molecule has 35 heavy (non-hydrogen) atoms. The van der Waals surface area contributed by atoms with E-state index in [1.165, 1.54) is 6.92 Å². The number of amides is 1. The van der Waals surface area contributed by atoms with E-state index in [-0.39, 0.29) is 52.7 Å². The van der Waals surface area contributed by atoms with Gasteiger partial charge in [-0.3, -0.25) is 19.2 Å². The van der Waals surface area contributed by atoms with E-state index in [0.29, 0.717) is 48.1 Å². The lowest BCUT2D eigenvalue weighted by Crippen LogP contribution is -2.60. The highest BCUT2D eigenvalue weighted by atomic mass is 16.2. The predicted molar refractivity (Wildman–Crippen MR) is 136 cm³/mol. The van der Waals surface area contributed by atoms with Crippen LogP contribution in [0, 0.1) is 58.2 Å². The summed E-state index contributed by atoms with van der Waals surface area (Å²) in [6, 6.07) is 0. The quantitative estimate of drug-likeness (QED) is 0.524. The molecule has 4 rings (SSSR count). The van der Waals surface area contributed by atoms with Crippen LogP contribution >= 0.6 is 0 Å². The van der Waals surface area contributed by atoms with Gasteiger partial charge in [0.2, 0.25) is 5.91 Å². The lowest BCUT2D eigenvalue weighted by Gasteiger charge is -2.61. The third-order valence-electron chi connectivity index (χ3n) is 11.4. The number of nitrogens with one attached hydrogen (secondary N) is 1. The molecule has 4 fully saturated rings. The summed E-state index contributed by atoms with van der Waals surface area (Å²) in [6.07, 6.45) is 8.41. The van der Waals surface area contributed by atoms with Crippen LogP contribution < -0.4 is 5.32 Å². The Balaban J connectivity index is 1.53. The molecule has 1 N–H and O–H groups in total. The van der Waals surface area contributed by atoms with E-state index in [1.807, 2.05) is 6.92 Å². The topological polar surface area (TPSA) is 80.3 Å². The summed E-state index contributed by atoms with van der Waals surface area (Å²) in [6.45, 7) is 12.9. The molecule has 5 nitrogen and oxygen atoms in total. The molecule has 0 radical (unpaired) electrons. The van der Waals surface area contributed by atoms with Crippen molar-refractivity contribution in [3.8, 4) is 0 Å². The molecular weight excluding hydrogens is 438 g/mol. The zero-order valence-electron chi connectivity index (χ0n) is 22.8. The lowest BCUT2D eigenvalue weighted by molar-refractivity contribution is -0.170. The first kappa shape index (κ1) is 26.5. The Bertz CT molecular complexity index is 882. The van der Waals surface area contributed by atoms with E-state index >= 15 is 0 Å². The Morgan fingerprint density at radius 1 is 1.00 bits per heavy atom. The van der Waals surface area contributed by atoms with Crippen molar-refractivity contribution in [1.29, 1.82) is 0 Å². The van der Waals surface area contributed by atoms with Crippen molar-refractivity contribution >= 4 is 23.3 Å². The second-order valence-corrected chi connectivity index (χ2v) is 13.3. The first-order valence-electron chi connectivity index (χ1n) is 14.3. The van der Waals surface area contributed by atoms with Crippen LogP contribution in [0.3, 0.4) is 0 Å². The molecule has 1 amide bonds. The summed E-state index contributed by atoms with van der Waals surface area (Å²) < 4.78 is 0. The molecule has 196 valence electrons. The highest BCUT2D eigenvalue weighted by molar-refractivity contribution is 5.88. The Morgan fingerprint density at radius 3 is 2.34 bits per heavy atom. The maximum absolute atomic E-state index is 14.1. The monoisotopic (exact) mass is 485 g/mol. The van der Waals surface area contributed by atoms with Gasteiger partial charge in [-0.25, -0.2) is 0 Å². The first-order valence-corrected chi connectivity index (χ1v) is 14.3. The maximum Gasteiger partial charge on any atom is 0.223 e. The van der Waals surface area contributed by atoms with Gasteiger partial charge < -0.3 is 5.32 Å². The number of hydrogen-bond donors (Lipinski definition) is 1. The second-order valence-electron chi connectivity index (χ2n) is 13.3. The second kappa shape index (κ2) is 9.74. The van der Waals surface area contributed by atoms with Crippen molar-refractivity contribution in [3.63, 3.8) is 0 Å². The standard InChI is InChI=1S/C30H47NO4/c1-7-21-25-15-20(33)10-12-30(25,6)24-11-13-29(5)22(8-9-23(29)26(24)27(21)34)17(2)14-18(3)28(35)31-16-19(4)32/h17-18,21-26H,7-16H2,1-6H3,(H,31,35)/t17-,18+,21-,22-,23?,24?,25?,26?,29-,30-/m1/s1. The molecule has 0 aromatic rings. The minimum absolute atomic E-state index is 0.0256. The van der Waals surface area contributed by atoms with Gasteiger partial charge in [-0.05, 0) is 92.3 Å². The van der Waals surface area contributed by atoms with Crippen LogP contribution in [0.15, 0.2) is 0 Å². The number of Topliss-reactive ketones (excluding diaryl/α,β-unsaturated/α-hetero) is 3. The number of fused-ring (bicyclic) bond motifs is 5. The number of hydrogen-bond acceptors (Lipinski definition) is 4. The molecule has 0 bridgehead atoms. The van der Waals surface area contributed by atoms with E-state index in [1.54, 1.807) is 0 Å². The Hall–Kier alpha value is -1.52. The van der Waals surface area contributed by atoms with Crippen LogP contribution in [0.1, 0.15) is 99.3 Å². The highest BCUT2D eigenvalue weighted by Crippen LogP contribution is 2.68. The molecule has 4 unspecified atom stereocenters. The van der Waals surface area contributed by atoms with Gasteiger partial charge in [0, 0.05) is 30.6 Å². The predicted octanol–water partition coefficient (Wildman–Crippen LogP) is 5.40. The van der Waals surface area contributed by atoms with Gasteiger partial charge in [-0.1, -0.05) is 34.6 Å². The van der Waals surface area contributed by atoms with E-state index in [0.717, 1.165) is 44.9 Å². The average molecular weight is 486 g/mol. The number of ketones is 3. The van der Waals surface area contributed by atoms with Gasteiger partial charge in [0.15, 0.2) is 0 Å². The lowest BCUT2D eigenvalue weighted by atomic mass is 9.42. The van der Waals surface area contributed by atoms with Crippen molar-refractivity contribution in [1.82, 2.24) is 5.32 Å². The molecule has 0 saturated heterocycles. The van der Waals surface area contributed by atoms with Crippen molar-refractivity contribution in [3.05, 3.63) is 0 Å². The molecule has 10 atom stereocenters. The summed E-state index contributed by atoms with van der Waals surface area (Å²) in [7, 11) is 0. The smallest absolute Gasteiger partial charge is 0.223 e. The van der Waals surface area contributed by atoms with Gasteiger partial charge in [0.25, 0.3) is 0 Å². The maximum atomic E-state index is 14.1. The van der Waals surface area contributed by atoms with Crippen LogP contribution in [0.25, 0.3) is 0 Å². The van der Waals surface area contributed by atoms with Crippen molar-refractivity contribution < 1.29 is 19.2 Å². The normalized spacial score (nSPS) is 42.5. The summed E-state index contributed by atoms with van der Waals surface area (Å²) in [5, 5.41) is 2.77. The minimum atomic E-state index is -0.122. The Kier molecular flexibility index (Phi) is 7.39. The van der Waals surface area contributed by atoms with Gasteiger partial charge in [-0.2, -0.15) is 0 Å². The van der Waals surface area contributed by atoms with Gasteiger partial charge in [0.1, 0.15) is 17.3 Å². The SMILES string of the molecule is CC[C@H]1C(=O)C2C(CC[C@@]3(C)C2CC[C@@H]3[C@H](C)C[C@H](C)C(=O)NCC(C)=O)[C@@]2(C)CCC(=O)CC12.